The predicted octanol–water partition coefficient (Wildman–Crippen LogP) is 0.253. The Kier molecular flexibility index (Phi) is 7.45. The summed E-state index contributed by atoms with van der Waals surface area (Å²) in [6, 6.07) is 3.42. The molecule has 0 aromatic heterocycles. The molecule has 0 saturated carbocycles. The van der Waals surface area contributed by atoms with Crippen molar-refractivity contribution in [2.45, 2.75) is 34.2 Å². The molecule has 1 aliphatic rings. The van der Waals surface area contributed by atoms with E-state index in [9.17, 15) is 26.4 Å². The topological polar surface area (TPSA) is 139 Å². The lowest BCUT2D eigenvalue weighted by molar-refractivity contribution is -0.121. The van der Waals surface area contributed by atoms with E-state index in [4.69, 9.17) is 34.8 Å². The zero-order valence-corrected chi connectivity index (χ0v) is 18.9. The molecule has 0 unspecified atom stereocenters. The molecule has 0 radical (unpaired) electrons. The van der Waals surface area contributed by atoms with Crippen LogP contribution in [0.25, 0.3) is 0 Å². The van der Waals surface area contributed by atoms with Gasteiger partial charge in [0.15, 0.2) is 9.84 Å². The van der Waals surface area contributed by atoms with Crippen LogP contribution in [-0.2, 0) is 36.0 Å². The number of nitrogens with one attached hydrogen (secondary N) is 3. The molecule has 1 aliphatic heterocycles. The summed E-state index contributed by atoms with van der Waals surface area (Å²) < 4.78 is 49.2. The number of sulfone groups is 1. The zero-order valence-electron chi connectivity index (χ0n) is 15.0. The number of halogens is 3. The molecule has 1 heterocycles. The molecule has 1 saturated heterocycles. The van der Waals surface area contributed by atoms with E-state index in [1.807, 2.05) is 0 Å². The van der Waals surface area contributed by atoms with Gasteiger partial charge in [0.25, 0.3) is 9.70 Å². The molecular weight excluding hydrogens is 489 g/mol. The zero-order chi connectivity index (χ0) is 22.0. The van der Waals surface area contributed by atoms with Gasteiger partial charge in [0.05, 0.1) is 28.5 Å². The van der Waals surface area contributed by atoms with Gasteiger partial charge >= 0.3 is 0 Å². The Morgan fingerprint density at radius 2 is 1.66 bits per heavy atom. The number of rotatable bonds is 6. The van der Waals surface area contributed by atoms with Crippen molar-refractivity contribution in [2.75, 3.05) is 11.5 Å². The molecule has 1 aromatic carbocycles. The Balaban J connectivity index is 2.16. The van der Waals surface area contributed by atoms with Crippen LogP contribution in [-0.4, -0.2) is 56.0 Å². The van der Waals surface area contributed by atoms with Crippen LogP contribution in [0.5, 0.6) is 0 Å². The van der Waals surface area contributed by atoms with Crippen LogP contribution >= 0.6 is 34.8 Å². The first-order valence-electron chi connectivity index (χ1n) is 8.13. The van der Waals surface area contributed by atoms with Gasteiger partial charge in [-0.25, -0.2) is 21.6 Å². The fraction of sp³-hybridized carbons (Fsp3) is 0.467. The quantitative estimate of drug-likeness (QED) is 0.473. The highest BCUT2D eigenvalue weighted by molar-refractivity contribution is 7.92. The van der Waals surface area contributed by atoms with Crippen LogP contribution in [0.1, 0.15) is 12.5 Å². The summed E-state index contributed by atoms with van der Waals surface area (Å²) in [7, 11) is -7.72. The van der Waals surface area contributed by atoms with Crippen LogP contribution < -0.4 is 15.4 Å². The van der Waals surface area contributed by atoms with Gasteiger partial charge in [-0.3, -0.25) is 9.59 Å². The molecule has 2 rings (SSSR count). The second-order valence-electron chi connectivity index (χ2n) is 6.44. The van der Waals surface area contributed by atoms with Gasteiger partial charge in [0.2, 0.25) is 15.9 Å². The highest BCUT2D eigenvalue weighted by Crippen LogP contribution is 2.27. The van der Waals surface area contributed by atoms with Crippen LogP contribution in [0.15, 0.2) is 29.2 Å². The number of hydrogen-bond donors (Lipinski definition) is 3. The Morgan fingerprint density at radius 3 is 2.17 bits per heavy atom. The van der Waals surface area contributed by atoms with Gasteiger partial charge < -0.3 is 10.6 Å². The highest BCUT2D eigenvalue weighted by Gasteiger charge is 2.43. The predicted molar refractivity (Wildman–Crippen MR) is 109 cm³/mol. The van der Waals surface area contributed by atoms with Gasteiger partial charge in [-0.2, -0.15) is 0 Å². The van der Waals surface area contributed by atoms with Crippen molar-refractivity contribution in [3.63, 3.8) is 0 Å². The summed E-state index contributed by atoms with van der Waals surface area (Å²) in [5, 5.41) is 4.83. The molecule has 0 aliphatic carbocycles. The lowest BCUT2D eigenvalue weighted by atomic mass is 10.2. The molecule has 1 aromatic rings. The Hall–Kier alpha value is -1.11. The van der Waals surface area contributed by atoms with E-state index in [-0.39, 0.29) is 17.3 Å². The van der Waals surface area contributed by atoms with Crippen molar-refractivity contribution < 1.29 is 26.4 Å². The fourth-order valence-electron chi connectivity index (χ4n) is 2.64. The van der Waals surface area contributed by atoms with E-state index >= 15 is 0 Å². The third-order valence-corrected chi connectivity index (χ3v) is 7.76. The molecule has 14 heteroatoms. The average Bonchev–Trinajstić information content (AvgIpc) is 2.85. The van der Waals surface area contributed by atoms with E-state index in [2.05, 4.69) is 15.4 Å². The standard InChI is InChI=1S/C15H18Cl3N3O6S2/c1-9(22)19-6-10-2-4-11(5-3-10)29(26,27)21-13-8-28(24,25)7-12(13)20-14(23)15(16,17)18/h2-5,12-13,21H,6-8H2,1H3,(H,19,22)(H,20,23)/t12-,13-/m1/s1. The number of alkyl halides is 3. The van der Waals surface area contributed by atoms with Crippen LogP contribution in [0, 0.1) is 0 Å². The second-order valence-corrected chi connectivity index (χ2v) is 12.6. The molecule has 3 N–H and O–H groups in total. The highest BCUT2D eigenvalue weighted by atomic mass is 35.6. The Labute approximate surface area is 183 Å². The van der Waals surface area contributed by atoms with Crippen LogP contribution in [0.3, 0.4) is 0 Å². The number of hydrogen-bond acceptors (Lipinski definition) is 6. The normalized spacial score (nSPS) is 21.5. The lowest BCUT2D eigenvalue weighted by Gasteiger charge is -2.22. The summed E-state index contributed by atoms with van der Waals surface area (Å²) >= 11 is 16.4. The largest absolute Gasteiger partial charge is 0.352 e. The van der Waals surface area contributed by atoms with Gasteiger partial charge in [-0.1, -0.05) is 46.9 Å². The monoisotopic (exact) mass is 505 g/mol. The van der Waals surface area contributed by atoms with Crippen molar-refractivity contribution >= 4 is 66.5 Å². The fourth-order valence-corrected chi connectivity index (χ4v) is 6.04. The number of carbonyl (C=O) groups is 2. The molecule has 2 amide bonds. The van der Waals surface area contributed by atoms with E-state index in [0.29, 0.717) is 5.56 Å². The summed E-state index contributed by atoms with van der Waals surface area (Å²) in [5.41, 5.74) is 0.676. The van der Waals surface area contributed by atoms with Crippen molar-refractivity contribution in [3.8, 4) is 0 Å². The second kappa shape index (κ2) is 8.94. The number of amides is 2. The molecule has 162 valence electrons. The van der Waals surface area contributed by atoms with Gasteiger partial charge in [0.1, 0.15) is 0 Å². The van der Waals surface area contributed by atoms with Crippen LogP contribution in [0.4, 0.5) is 0 Å². The maximum absolute atomic E-state index is 12.6. The Morgan fingerprint density at radius 1 is 1.10 bits per heavy atom. The molecular formula is C15H18Cl3N3O6S2. The van der Waals surface area contributed by atoms with Gasteiger partial charge in [-0.05, 0) is 17.7 Å². The molecule has 29 heavy (non-hydrogen) atoms. The van der Waals surface area contributed by atoms with Crippen LogP contribution in [0.2, 0.25) is 0 Å². The van der Waals surface area contributed by atoms with Crippen molar-refractivity contribution in [2.24, 2.45) is 0 Å². The smallest absolute Gasteiger partial charge is 0.272 e. The first-order valence-corrected chi connectivity index (χ1v) is 12.6. The minimum Gasteiger partial charge on any atom is -0.352 e. The van der Waals surface area contributed by atoms with E-state index in [1.165, 1.54) is 31.2 Å². The Bertz CT molecular complexity index is 991. The summed E-state index contributed by atoms with van der Waals surface area (Å²) in [6.07, 6.45) is 0. The van der Waals surface area contributed by atoms with Gasteiger partial charge in [-0.15, -0.1) is 0 Å². The summed E-state index contributed by atoms with van der Waals surface area (Å²) in [6.45, 7) is 1.59. The van der Waals surface area contributed by atoms with Crippen molar-refractivity contribution in [3.05, 3.63) is 29.8 Å². The first-order chi connectivity index (χ1) is 13.2. The molecule has 0 spiro atoms. The van der Waals surface area contributed by atoms with Gasteiger partial charge in [0, 0.05) is 13.5 Å². The third-order valence-electron chi connectivity index (χ3n) is 4.01. The first kappa shape index (κ1) is 24.2. The number of benzene rings is 1. The lowest BCUT2D eigenvalue weighted by Crippen LogP contribution is -2.53. The molecule has 1 fully saturated rings. The van der Waals surface area contributed by atoms with Crippen molar-refractivity contribution in [1.82, 2.24) is 15.4 Å². The van der Waals surface area contributed by atoms with E-state index in [0.717, 1.165) is 0 Å². The third kappa shape index (κ3) is 6.97. The molecule has 9 nitrogen and oxygen atoms in total. The summed E-state index contributed by atoms with van der Waals surface area (Å²) in [5.74, 6) is -2.30. The van der Waals surface area contributed by atoms with Crippen molar-refractivity contribution in [1.29, 1.82) is 0 Å². The number of sulfonamides is 1. The van der Waals surface area contributed by atoms with E-state index < -0.39 is 53.1 Å². The molecule has 2 atom stereocenters. The maximum Gasteiger partial charge on any atom is 0.272 e. The maximum atomic E-state index is 12.6. The minimum absolute atomic E-state index is 0.111. The van der Waals surface area contributed by atoms with E-state index in [1.54, 1.807) is 0 Å². The SMILES string of the molecule is CC(=O)NCc1ccc(S(=O)(=O)N[C@@H]2CS(=O)(=O)C[C@H]2NC(=O)C(Cl)(Cl)Cl)cc1. The number of carbonyl (C=O) groups excluding carboxylic acids is 2. The average molecular weight is 507 g/mol. The summed E-state index contributed by atoms with van der Waals surface area (Å²) in [4.78, 5) is 22.7. The molecule has 0 bridgehead atoms. The minimum atomic E-state index is -4.10.